The molecule has 6 rings (SSSR count). The van der Waals surface area contributed by atoms with Gasteiger partial charge in [-0.05, 0) is 39.7 Å². The van der Waals surface area contributed by atoms with E-state index < -0.39 is 0 Å². The molecule has 0 bridgehead atoms. The lowest BCUT2D eigenvalue weighted by Crippen LogP contribution is -1.90. The second kappa shape index (κ2) is 7.56. The first-order valence-electron chi connectivity index (χ1n) is 11.5. The number of benzene rings is 3. The van der Waals surface area contributed by atoms with Crippen LogP contribution in [-0.2, 0) is 0 Å². The van der Waals surface area contributed by atoms with Crippen molar-refractivity contribution in [2.24, 2.45) is 0 Å². The fraction of sp³-hybridized carbons (Fsp3) is 0.214. The van der Waals surface area contributed by atoms with Gasteiger partial charge in [-0.3, -0.25) is 0 Å². The molecule has 0 atom stereocenters. The number of nitrogens with one attached hydrogen (secondary N) is 2. The normalized spacial score (nSPS) is 12.2. The predicted molar refractivity (Wildman–Crippen MR) is 140 cm³/mol. The van der Waals surface area contributed by atoms with Crippen molar-refractivity contribution < 1.29 is 0 Å². The topological polar surface area (TPSA) is 57.4 Å². The van der Waals surface area contributed by atoms with Gasteiger partial charge in [0.2, 0.25) is 0 Å². The van der Waals surface area contributed by atoms with Gasteiger partial charge in [-0.25, -0.2) is 9.97 Å². The van der Waals surface area contributed by atoms with E-state index in [1.54, 1.807) is 0 Å². The van der Waals surface area contributed by atoms with Crippen LogP contribution in [0.25, 0.3) is 54.1 Å². The van der Waals surface area contributed by atoms with Crippen LogP contribution in [0.4, 0.5) is 0 Å². The molecule has 0 aliphatic carbocycles. The van der Waals surface area contributed by atoms with Crippen LogP contribution >= 0.6 is 11.3 Å². The van der Waals surface area contributed by atoms with Crippen molar-refractivity contribution >= 4 is 43.0 Å². The lowest BCUT2D eigenvalue weighted by Gasteiger charge is -2.10. The SMILES string of the molecule is CC(C)c1ncc(-c2ccc3c(c2)c2ccsc2c2cc(-c4cnc(C(C)C)[nH]4)ccc32)[nH]1. The van der Waals surface area contributed by atoms with E-state index in [1.807, 2.05) is 23.7 Å². The molecule has 6 aromatic rings. The lowest BCUT2D eigenvalue weighted by atomic mass is 9.95. The van der Waals surface area contributed by atoms with Gasteiger partial charge in [0.1, 0.15) is 11.6 Å². The molecular formula is C28H26N4S. The van der Waals surface area contributed by atoms with Gasteiger partial charge < -0.3 is 9.97 Å². The monoisotopic (exact) mass is 450 g/mol. The number of aromatic amines is 2. The first-order chi connectivity index (χ1) is 16.0. The van der Waals surface area contributed by atoms with E-state index in [0.717, 1.165) is 23.0 Å². The second-order valence-electron chi connectivity index (χ2n) is 9.36. The molecule has 0 unspecified atom stereocenters. The highest BCUT2D eigenvalue weighted by Gasteiger charge is 2.14. The van der Waals surface area contributed by atoms with Crippen LogP contribution in [0.2, 0.25) is 0 Å². The summed E-state index contributed by atoms with van der Waals surface area (Å²) in [5.41, 5.74) is 4.48. The number of fused-ring (bicyclic) bond motifs is 6. The average molecular weight is 451 g/mol. The Morgan fingerprint density at radius 1 is 0.636 bits per heavy atom. The number of H-pyrrole nitrogens is 2. The highest BCUT2D eigenvalue weighted by Crippen LogP contribution is 2.40. The van der Waals surface area contributed by atoms with E-state index in [1.165, 1.54) is 42.8 Å². The average Bonchev–Trinajstić information content (AvgIpc) is 3.59. The van der Waals surface area contributed by atoms with Crippen LogP contribution < -0.4 is 0 Å². The van der Waals surface area contributed by atoms with Crippen molar-refractivity contribution in [2.75, 3.05) is 0 Å². The standard InChI is InChI=1S/C28H26N4S/c1-15(2)27-29-13-24(31-27)17-5-7-19-20-8-6-18(25-14-30-28(32-25)16(3)4)12-23(20)26-21(9-10-33-26)22(19)11-17/h5-16H,1-4H3,(H,29,31)(H,30,32). The van der Waals surface area contributed by atoms with Gasteiger partial charge in [-0.1, -0.05) is 52.0 Å². The summed E-state index contributed by atoms with van der Waals surface area (Å²) in [6.45, 7) is 8.63. The molecule has 0 radical (unpaired) electrons. The largest absolute Gasteiger partial charge is 0.342 e. The molecular weight excluding hydrogens is 424 g/mol. The molecule has 164 valence electrons. The van der Waals surface area contributed by atoms with Crippen molar-refractivity contribution in [2.45, 2.75) is 39.5 Å². The van der Waals surface area contributed by atoms with Gasteiger partial charge in [-0.15, -0.1) is 11.3 Å². The Morgan fingerprint density at radius 3 is 1.73 bits per heavy atom. The lowest BCUT2D eigenvalue weighted by molar-refractivity contribution is 0.795. The molecule has 5 heteroatoms. The van der Waals surface area contributed by atoms with E-state index in [0.29, 0.717) is 11.8 Å². The summed E-state index contributed by atoms with van der Waals surface area (Å²) >= 11 is 1.81. The van der Waals surface area contributed by atoms with Gasteiger partial charge in [0.25, 0.3) is 0 Å². The minimum atomic E-state index is 0.382. The number of nitrogens with zero attached hydrogens (tertiary/aromatic N) is 2. The van der Waals surface area contributed by atoms with Crippen molar-refractivity contribution in [1.82, 2.24) is 19.9 Å². The van der Waals surface area contributed by atoms with E-state index >= 15 is 0 Å². The van der Waals surface area contributed by atoms with Gasteiger partial charge in [0.05, 0.1) is 23.8 Å². The highest BCUT2D eigenvalue weighted by atomic mass is 32.1. The third-order valence-corrected chi connectivity index (χ3v) is 7.38. The molecule has 2 N–H and O–H groups in total. The number of aromatic nitrogens is 4. The number of rotatable bonds is 4. The first kappa shape index (κ1) is 20.2. The van der Waals surface area contributed by atoms with E-state index in [2.05, 4.69) is 95.5 Å². The molecule has 0 amide bonds. The Balaban J connectivity index is 1.55. The Kier molecular flexibility index (Phi) is 4.63. The first-order valence-corrected chi connectivity index (χ1v) is 12.3. The van der Waals surface area contributed by atoms with Crippen LogP contribution in [-0.4, -0.2) is 19.9 Å². The molecule has 0 fully saturated rings. The maximum atomic E-state index is 4.56. The Bertz CT molecular complexity index is 1510. The van der Waals surface area contributed by atoms with Crippen molar-refractivity contribution in [1.29, 1.82) is 0 Å². The fourth-order valence-electron chi connectivity index (χ4n) is 4.59. The number of imidazole rings is 2. The van der Waals surface area contributed by atoms with Crippen molar-refractivity contribution in [3.05, 3.63) is 71.9 Å². The molecule has 3 heterocycles. The number of thiophene rings is 1. The fourth-order valence-corrected chi connectivity index (χ4v) is 5.53. The van der Waals surface area contributed by atoms with Gasteiger partial charge in [0, 0.05) is 38.4 Å². The van der Waals surface area contributed by atoms with E-state index in [-0.39, 0.29) is 0 Å². The maximum absolute atomic E-state index is 4.56. The molecule has 4 nitrogen and oxygen atoms in total. The molecule has 3 aromatic heterocycles. The summed E-state index contributed by atoms with van der Waals surface area (Å²) in [5.74, 6) is 2.81. The molecule has 33 heavy (non-hydrogen) atoms. The van der Waals surface area contributed by atoms with Crippen LogP contribution in [0.15, 0.2) is 60.2 Å². The third kappa shape index (κ3) is 3.26. The smallest absolute Gasteiger partial charge is 0.109 e. The van der Waals surface area contributed by atoms with Crippen LogP contribution in [0.1, 0.15) is 51.2 Å². The van der Waals surface area contributed by atoms with Gasteiger partial charge >= 0.3 is 0 Å². The van der Waals surface area contributed by atoms with Crippen LogP contribution in [0, 0.1) is 0 Å². The molecule has 0 saturated heterocycles. The summed E-state index contributed by atoms with van der Waals surface area (Å²) in [6, 6.07) is 15.8. The van der Waals surface area contributed by atoms with Crippen LogP contribution in [0.3, 0.4) is 0 Å². The third-order valence-electron chi connectivity index (χ3n) is 6.44. The highest BCUT2D eigenvalue weighted by molar-refractivity contribution is 7.18. The molecule has 0 aliphatic heterocycles. The summed E-state index contributed by atoms with van der Waals surface area (Å²) in [4.78, 5) is 16.1. The second-order valence-corrected chi connectivity index (χ2v) is 10.3. The quantitative estimate of drug-likeness (QED) is 0.266. The summed E-state index contributed by atoms with van der Waals surface area (Å²) in [6.07, 6.45) is 3.90. The predicted octanol–water partition coefficient (Wildman–Crippen LogP) is 8.23. The number of hydrogen-bond acceptors (Lipinski definition) is 3. The summed E-state index contributed by atoms with van der Waals surface area (Å²) < 4.78 is 1.33. The Labute approximate surface area is 196 Å². The van der Waals surface area contributed by atoms with E-state index in [9.17, 15) is 0 Å². The summed E-state index contributed by atoms with van der Waals surface area (Å²) in [7, 11) is 0. The Hall–Kier alpha value is -3.44. The van der Waals surface area contributed by atoms with Crippen molar-refractivity contribution in [3.8, 4) is 22.5 Å². The van der Waals surface area contributed by atoms with Crippen LogP contribution in [0.5, 0.6) is 0 Å². The molecule has 0 saturated carbocycles. The minimum absolute atomic E-state index is 0.382. The summed E-state index contributed by atoms with van der Waals surface area (Å²) in [5, 5.41) is 8.64. The number of hydrogen-bond donors (Lipinski definition) is 2. The maximum Gasteiger partial charge on any atom is 0.109 e. The zero-order valence-corrected chi connectivity index (χ0v) is 20.0. The molecule has 3 aromatic carbocycles. The van der Waals surface area contributed by atoms with Crippen molar-refractivity contribution in [3.63, 3.8) is 0 Å². The minimum Gasteiger partial charge on any atom is -0.342 e. The molecule has 0 aliphatic rings. The van der Waals surface area contributed by atoms with E-state index in [4.69, 9.17) is 0 Å². The zero-order chi connectivity index (χ0) is 22.7. The Morgan fingerprint density at radius 2 is 1.18 bits per heavy atom. The van der Waals surface area contributed by atoms with Gasteiger partial charge in [-0.2, -0.15) is 0 Å². The zero-order valence-electron chi connectivity index (χ0n) is 19.2. The molecule has 0 spiro atoms. The van der Waals surface area contributed by atoms with Gasteiger partial charge in [0.15, 0.2) is 0 Å².